The highest BCUT2D eigenvalue weighted by Gasteiger charge is 2.24. The summed E-state index contributed by atoms with van der Waals surface area (Å²) in [5.41, 5.74) is 1.81. The zero-order valence-electron chi connectivity index (χ0n) is 14.5. The van der Waals surface area contributed by atoms with E-state index < -0.39 is 0 Å². The first-order valence-corrected chi connectivity index (χ1v) is 8.71. The van der Waals surface area contributed by atoms with Crippen LogP contribution in [-0.4, -0.2) is 32.5 Å². The third-order valence-corrected chi connectivity index (χ3v) is 4.81. The van der Waals surface area contributed by atoms with Crippen molar-refractivity contribution in [2.45, 2.75) is 38.3 Å². The average molecular weight is 349 g/mol. The Morgan fingerprint density at radius 2 is 2.27 bits per heavy atom. The molecular weight excluding hydrogens is 330 g/mol. The summed E-state index contributed by atoms with van der Waals surface area (Å²) < 4.78 is 7.46. The van der Waals surface area contributed by atoms with Gasteiger partial charge >= 0.3 is 0 Å². The van der Waals surface area contributed by atoms with Gasteiger partial charge in [0.15, 0.2) is 5.65 Å². The Morgan fingerprint density at radius 1 is 1.42 bits per heavy atom. The topological polar surface area (TPSA) is 96.6 Å². The minimum atomic E-state index is -0.203. The number of nitriles is 1. The molecule has 3 heterocycles. The number of H-pyrrole nitrogens is 1. The van der Waals surface area contributed by atoms with E-state index >= 15 is 0 Å². The van der Waals surface area contributed by atoms with Crippen LogP contribution in [0.5, 0.6) is 0 Å². The predicted molar refractivity (Wildman–Crippen MR) is 95.8 cm³/mol. The maximum Gasteiger partial charge on any atom is 0.262 e. The number of aromatic amines is 1. The highest BCUT2D eigenvalue weighted by molar-refractivity contribution is 5.73. The van der Waals surface area contributed by atoms with Crippen molar-refractivity contribution in [1.29, 1.82) is 5.26 Å². The summed E-state index contributed by atoms with van der Waals surface area (Å²) in [6.07, 6.45) is 3.83. The summed E-state index contributed by atoms with van der Waals surface area (Å²) in [6, 6.07) is 9.69. The minimum absolute atomic E-state index is 0.164. The van der Waals surface area contributed by atoms with Crippen LogP contribution in [0.3, 0.4) is 0 Å². The Kier molecular flexibility index (Phi) is 4.27. The molecule has 0 radical (unpaired) electrons. The zero-order chi connectivity index (χ0) is 18.1. The molecule has 1 aromatic carbocycles. The van der Waals surface area contributed by atoms with Gasteiger partial charge in [-0.05, 0) is 31.4 Å². The molecule has 0 spiro atoms. The fourth-order valence-corrected chi connectivity index (χ4v) is 3.49. The molecule has 1 saturated heterocycles. The smallest absolute Gasteiger partial charge is 0.262 e. The zero-order valence-corrected chi connectivity index (χ0v) is 14.5. The van der Waals surface area contributed by atoms with Crippen LogP contribution in [0.2, 0.25) is 0 Å². The quantitative estimate of drug-likeness (QED) is 0.783. The first kappa shape index (κ1) is 16.5. The first-order valence-electron chi connectivity index (χ1n) is 8.71. The molecule has 7 heteroatoms. The van der Waals surface area contributed by atoms with Crippen LogP contribution in [-0.2, 0) is 11.2 Å². The van der Waals surface area contributed by atoms with Gasteiger partial charge in [0.25, 0.3) is 5.56 Å². The molecule has 1 aliphatic heterocycles. The first-order chi connectivity index (χ1) is 12.7. The van der Waals surface area contributed by atoms with E-state index in [0.717, 1.165) is 18.4 Å². The molecule has 1 fully saturated rings. The van der Waals surface area contributed by atoms with Crippen molar-refractivity contribution in [1.82, 2.24) is 19.7 Å². The van der Waals surface area contributed by atoms with E-state index in [-0.39, 0.29) is 17.7 Å². The lowest BCUT2D eigenvalue weighted by Crippen LogP contribution is -2.26. The van der Waals surface area contributed by atoms with Crippen LogP contribution in [0.15, 0.2) is 35.3 Å². The van der Waals surface area contributed by atoms with Crippen molar-refractivity contribution in [2.24, 2.45) is 0 Å². The number of aromatic nitrogens is 4. The molecule has 2 aromatic heterocycles. The molecular formula is C19H19N5O2. The van der Waals surface area contributed by atoms with Gasteiger partial charge in [-0.2, -0.15) is 10.4 Å². The van der Waals surface area contributed by atoms with E-state index in [1.54, 1.807) is 12.3 Å². The van der Waals surface area contributed by atoms with E-state index in [4.69, 9.17) is 4.74 Å². The predicted octanol–water partition coefficient (Wildman–Crippen LogP) is 2.32. The molecule has 0 amide bonds. The third kappa shape index (κ3) is 3.00. The summed E-state index contributed by atoms with van der Waals surface area (Å²) in [5, 5.41) is 14.2. The van der Waals surface area contributed by atoms with Gasteiger partial charge in [-0.25, -0.2) is 9.67 Å². The molecule has 4 rings (SSSR count). The normalized spacial score (nSPS) is 20.2. The lowest BCUT2D eigenvalue weighted by Gasteiger charge is -2.27. The summed E-state index contributed by atoms with van der Waals surface area (Å²) >= 11 is 0. The highest BCUT2D eigenvalue weighted by Crippen LogP contribution is 2.26. The van der Waals surface area contributed by atoms with Crippen molar-refractivity contribution in [3.63, 3.8) is 0 Å². The molecule has 26 heavy (non-hydrogen) atoms. The van der Waals surface area contributed by atoms with Gasteiger partial charge in [0.1, 0.15) is 11.2 Å². The number of hydrogen-bond acceptors (Lipinski definition) is 5. The van der Waals surface area contributed by atoms with Gasteiger partial charge in [0.05, 0.1) is 30.0 Å². The molecule has 1 N–H and O–H groups in total. The van der Waals surface area contributed by atoms with E-state index in [1.165, 1.54) is 0 Å². The Labute approximate surface area is 150 Å². The van der Waals surface area contributed by atoms with Crippen LogP contribution in [0.4, 0.5) is 0 Å². The maximum atomic E-state index is 12.5. The van der Waals surface area contributed by atoms with E-state index in [9.17, 15) is 10.1 Å². The van der Waals surface area contributed by atoms with Crippen molar-refractivity contribution in [3.05, 3.63) is 57.8 Å². The van der Waals surface area contributed by atoms with Crippen LogP contribution >= 0.6 is 0 Å². The Hall–Kier alpha value is -2.98. The van der Waals surface area contributed by atoms with E-state index in [2.05, 4.69) is 21.1 Å². The molecule has 1 aliphatic rings. The molecule has 0 aliphatic carbocycles. The molecule has 0 bridgehead atoms. The number of ether oxygens (including phenoxy) is 1. The number of rotatable bonds is 3. The third-order valence-electron chi connectivity index (χ3n) is 4.81. The van der Waals surface area contributed by atoms with E-state index in [0.29, 0.717) is 35.4 Å². The van der Waals surface area contributed by atoms with Crippen molar-refractivity contribution < 1.29 is 4.74 Å². The van der Waals surface area contributed by atoms with Crippen molar-refractivity contribution >= 4 is 11.0 Å². The fraction of sp³-hybridized carbons (Fsp3) is 0.368. The van der Waals surface area contributed by atoms with Gasteiger partial charge in [0, 0.05) is 13.0 Å². The second-order valence-electron chi connectivity index (χ2n) is 6.64. The molecule has 3 aromatic rings. The monoisotopic (exact) mass is 349 g/mol. The molecule has 7 nitrogen and oxygen atoms in total. The maximum absolute atomic E-state index is 12.5. The number of hydrogen-bond donors (Lipinski definition) is 1. The van der Waals surface area contributed by atoms with Crippen LogP contribution in [0.25, 0.3) is 11.0 Å². The van der Waals surface area contributed by atoms with Gasteiger partial charge in [-0.1, -0.05) is 18.2 Å². The van der Waals surface area contributed by atoms with E-state index in [1.807, 2.05) is 29.8 Å². The molecule has 2 atom stereocenters. The Balaban J connectivity index is 1.74. The number of fused-ring (bicyclic) bond motifs is 1. The SMILES string of the molecule is C[C@@H]1C[C@H](n2ncc3c(=O)[nH]c(Cc4ccccc4C#N)nc32)CCO1. The van der Waals surface area contributed by atoms with Gasteiger partial charge in [-0.15, -0.1) is 0 Å². The van der Waals surface area contributed by atoms with Crippen LogP contribution in [0.1, 0.15) is 42.8 Å². The second-order valence-corrected chi connectivity index (χ2v) is 6.64. The van der Waals surface area contributed by atoms with Crippen LogP contribution < -0.4 is 5.56 Å². The van der Waals surface area contributed by atoms with Gasteiger partial charge in [-0.3, -0.25) is 4.79 Å². The number of benzene rings is 1. The second kappa shape index (κ2) is 6.73. The van der Waals surface area contributed by atoms with Crippen LogP contribution in [0, 0.1) is 11.3 Å². The summed E-state index contributed by atoms with van der Waals surface area (Å²) in [5.74, 6) is 0.534. The lowest BCUT2D eigenvalue weighted by molar-refractivity contribution is 0.00431. The summed E-state index contributed by atoms with van der Waals surface area (Å²) in [7, 11) is 0. The number of nitrogens with zero attached hydrogens (tertiary/aromatic N) is 4. The number of nitrogens with one attached hydrogen (secondary N) is 1. The fourth-order valence-electron chi connectivity index (χ4n) is 3.49. The van der Waals surface area contributed by atoms with Crippen molar-refractivity contribution in [2.75, 3.05) is 6.61 Å². The summed E-state index contributed by atoms with van der Waals surface area (Å²) in [4.78, 5) is 19.9. The lowest BCUT2D eigenvalue weighted by atomic mass is 10.0. The Bertz CT molecular complexity index is 1050. The summed E-state index contributed by atoms with van der Waals surface area (Å²) in [6.45, 7) is 2.72. The molecule has 132 valence electrons. The Morgan fingerprint density at radius 3 is 3.08 bits per heavy atom. The van der Waals surface area contributed by atoms with Crippen molar-refractivity contribution in [3.8, 4) is 6.07 Å². The van der Waals surface area contributed by atoms with Gasteiger partial charge < -0.3 is 9.72 Å². The van der Waals surface area contributed by atoms with Gasteiger partial charge in [0.2, 0.25) is 0 Å². The molecule has 0 unspecified atom stereocenters. The minimum Gasteiger partial charge on any atom is -0.378 e. The highest BCUT2D eigenvalue weighted by atomic mass is 16.5. The molecule has 0 saturated carbocycles. The average Bonchev–Trinajstić information content (AvgIpc) is 3.07. The largest absolute Gasteiger partial charge is 0.378 e. The standard InChI is InChI=1S/C19H19N5O2/c1-12-8-15(6-7-26-12)24-18-16(11-21-24)19(25)23-17(22-18)9-13-4-2-3-5-14(13)10-20/h2-5,11-12,15H,6-9H2,1H3,(H,22,23,25)/t12-,15-/m1/s1.